The number of hydrogen-bond acceptors (Lipinski definition) is 4. The molecule has 2 bridgehead atoms. The molecule has 146 valence electrons. The van der Waals surface area contributed by atoms with E-state index in [4.69, 9.17) is 0 Å². The number of carbonyl (C=O) groups is 2. The predicted molar refractivity (Wildman–Crippen MR) is 102 cm³/mol. The van der Waals surface area contributed by atoms with E-state index in [0.29, 0.717) is 17.5 Å². The van der Waals surface area contributed by atoms with Gasteiger partial charge in [0.05, 0.1) is 11.9 Å². The van der Waals surface area contributed by atoms with Crippen LogP contribution >= 0.6 is 0 Å². The summed E-state index contributed by atoms with van der Waals surface area (Å²) < 4.78 is 0. The first kappa shape index (κ1) is 18.4. The van der Waals surface area contributed by atoms with Crippen LogP contribution in [0, 0.1) is 12.8 Å². The monoisotopic (exact) mass is 370 g/mol. The van der Waals surface area contributed by atoms with Gasteiger partial charge in [-0.05, 0) is 51.4 Å². The quantitative estimate of drug-likeness (QED) is 0.884. The van der Waals surface area contributed by atoms with Crippen LogP contribution in [0.25, 0.3) is 0 Å². The highest BCUT2D eigenvalue weighted by Gasteiger charge is 2.43. The molecule has 1 saturated carbocycles. The zero-order valence-electron chi connectivity index (χ0n) is 16.2. The molecule has 1 N–H and O–H groups in total. The van der Waals surface area contributed by atoms with Crippen molar-refractivity contribution in [3.05, 3.63) is 23.8 Å². The van der Waals surface area contributed by atoms with Crippen LogP contribution in [0.5, 0.6) is 0 Å². The molecule has 1 aliphatic carbocycles. The Balaban J connectivity index is 1.33. The largest absolute Gasteiger partial charge is 0.348 e. The van der Waals surface area contributed by atoms with E-state index in [1.54, 1.807) is 6.20 Å². The van der Waals surface area contributed by atoms with Gasteiger partial charge in [-0.2, -0.15) is 0 Å². The zero-order valence-corrected chi connectivity index (χ0v) is 16.2. The minimum absolute atomic E-state index is 0.122. The number of rotatable bonds is 4. The van der Waals surface area contributed by atoms with Gasteiger partial charge in [-0.3, -0.25) is 14.6 Å². The summed E-state index contributed by atoms with van der Waals surface area (Å²) in [6.07, 6.45) is 14.0. The van der Waals surface area contributed by atoms with Gasteiger partial charge in [0.1, 0.15) is 5.69 Å². The fourth-order valence-corrected chi connectivity index (χ4v) is 5.21. The minimum Gasteiger partial charge on any atom is -0.348 e. The van der Waals surface area contributed by atoms with Crippen LogP contribution in [-0.4, -0.2) is 44.8 Å². The fourth-order valence-electron chi connectivity index (χ4n) is 5.21. The average molecular weight is 370 g/mol. The van der Waals surface area contributed by atoms with Crippen molar-refractivity contribution in [1.82, 2.24) is 20.2 Å². The Morgan fingerprint density at radius 2 is 1.74 bits per heavy atom. The van der Waals surface area contributed by atoms with Crippen LogP contribution in [0.2, 0.25) is 0 Å². The topological polar surface area (TPSA) is 75.2 Å². The number of nitrogens with one attached hydrogen (secondary N) is 1. The van der Waals surface area contributed by atoms with Crippen LogP contribution in [0.1, 0.15) is 80.4 Å². The van der Waals surface area contributed by atoms with Crippen molar-refractivity contribution in [1.29, 1.82) is 0 Å². The number of aromatic nitrogens is 2. The van der Waals surface area contributed by atoms with Crippen LogP contribution in [-0.2, 0) is 4.79 Å². The summed E-state index contributed by atoms with van der Waals surface area (Å²) in [5, 5.41) is 3.12. The molecule has 3 aliphatic rings. The van der Waals surface area contributed by atoms with Gasteiger partial charge in [0, 0.05) is 30.7 Å². The van der Waals surface area contributed by atoms with Gasteiger partial charge in [-0.25, -0.2) is 4.98 Å². The summed E-state index contributed by atoms with van der Waals surface area (Å²) in [5.74, 6) is 0.778. The summed E-state index contributed by atoms with van der Waals surface area (Å²) in [5.41, 5.74) is 1.16. The molecule has 2 amide bonds. The van der Waals surface area contributed by atoms with Gasteiger partial charge < -0.3 is 10.2 Å². The second-order valence-electron chi connectivity index (χ2n) is 8.58. The van der Waals surface area contributed by atoms with E-state index < -0.39 is 0 Å². The van der Waals surface area contributed by atoms with E-state index in [9.17, 15) is 9.59 Å². The Kier molecular flexibility index (Phi) is 5.41. The van der Waals surface area contributed by atoms with Crippen molar-refractivity contribution in [2.24, 2.45) is 5.92 Å². The van der Waals surface area contributed by atoms with Crippen molar-refractivity contribution in [3.8, 4) is 0 Å². The third-order valence-corrected chi connectivity index (χ3v) is 6.56. The van der Waals surface area contributed by atoms with Crippen LogP contribution < -0.4 is 5.32 Å². The molecular formula is C21H30N4O2. The predicted octanol–water partition coefficient (Wildman–Crippen LogP) is 3.01. The molecule has 3 heterocycles. The molecule has 4 rings (SSSR count). The Morgan fingerprint density at radius 3 is 2.37 bits per heavy atom. The molecule has 2 saturated heterocycles. The molecule has 27 heavy (non-hydrogen) atoms. The zero-order chi connectivity index (χ0) is 18.8. The minimum atomic E-state index is -0.158. The first-order valence-corrected chi connectivity index (χ1v) is 10.5. The second kappa shape index (κ2) is 7.95. The Labute approximate surface area is 161 Å². The lowest BCUT2D eigenvalue weighted by Gasteiger charge is -2.40. The van der Waals surface area contributed by atoms with Crippen LogP contribution in [0.3, 0.4) is 0 Å². The van der Waals surface area contributed by atoms with E-state index in [-0.39, 0.29) is 24.0 Å². The van der Waals surface area contributed by atoms with E-state index in [2.05, 4.69) is 20.2 Å². The Hall–Kier alpha value is -1.98. The van der Waals surface area contributed by atoms with Crippen LogP contribution in [0.4, 0.5) is 0 Å². The Morgan fingerprint density at radius 1 is 1.04 bits per heavy atom. The maximum Gasteiger partial charge on any atom is 0.271 e. The summed E-state index contributed by atoms with van der Waals surface area (Å²) in [6.45, 7) is 1.85. The van der Waals surface area contributed by atoms with Crippen molar-refractivity contribution in [2.75, 3.05) is 0 Å². The maximum atomic E-state index is 12.9. The third-order valence-electron chi connectivity index (χ3n) is 6.56. The Bertz CT molecular complexity index is 670. The van der Waals surface area contributed by atoms with E-state index in [1.165, 1.54) is 38.3 Å². The van der Waals surface area contributed by atoms with Crippen molar-refractivity contribution in [3.63, 3.8) is 0 Å². The third kappa shape index (κ3) is 4.14. The summed E-state index contributed by atoms with van der Waals surface area (Å²) in [4.78, 5) is 35.9. The number of carbonyl (C=O) groups excluding carboxylic acids is 2. The lowest BCUT2D eigenvalue weighted by molar-refractivity contribution is -0.137. The molecule has 3 fully saturated rings. The van der Waals surface area contributed by atoms with Crippen molar-refractivity contribution < 1.29 is 9.59 Å². The molecule has 1 aromatic heterocycles. The summed E-state index contributed by atoms with van der Waals surface area (Å²) in [7, 11) is 0. The van der Waals surface area contributed by atoms with E-state index >= 15 is 0 Å². The molecule has 0 spiro atoms. The second-order valence-corrected chi connectivity index (χ2v) is 8.58. The van der Waals surface area contributed by atoms with Gasteiger partial charge in [-0.1, -0.05) is 19.3 Å². The molecule has 2 aliphatic heterocycles. The molecule has 6 nitrogen and oxygen atoms in total. The van der Waals surface area contributed by atoms with Crippen LogP contribution in [0.15, 0.2) is 12.4 Å². The highest BCUT2D eigenvalue weighted by atomic mass is 16.2. The van der Waals surface area contributed by atoms with E-state index in [0.717, 1.165) is 37.8 Å². The number of nitrogens with zero attached hydrogens (tertiary/aromatic N) is 3. The smallest absolute Gasteiger partial charge is 0.271 e. The van der Waals surface area contributed by atoms with E-state index in [1.807, 2.05) is 6.92 Å². The highest BCUT2D eigenvalue weighted by Crippen LogP contribution is 2.37. The molecule has 0 aromatic carbocycles. The standard InChI is InChI=1S/C21H30N4O2/c1-14-12-23-19(13-22-14)21(27)24-16-10-17-7-8-18(11-16)25(17)20(26)9-15-5-3-2-4-6-15/h12-13,15-18H,2-11H2,1H3,(H,24,27)/t16?,17-,18+. The number of aryl methyl sites for hydroxylation is 1. The lowest BCUT2D eigenvalue weighted by Crippen LogP contribution is -2.52. The van der Waals surface area contributed by atoms with Crippen molar-refractivity contribution >= 4 is 11.8 Å². The SMILES string of the molecule is Cc1cnc(C(=O)NC2C[C@H]3CC[C@@H](C2)N3C(=O)CC2CCCCC2)cn1. The molecule has 0 radical (unpaired) electrons. The molecule has 1 unspecified atom stereocenters. The fraction of sp³-hybridized carbons (Fsp3) is 0.714. The molecule has 3 atom stereocenters. The summed E-state index contributed by atoms with van der Waals surface area (Å²) >= 11 is 0. The normalized spacial score (nSPS) is 28.2. The highest BCUT2D eigenvalue weighted by molar-refractivity contribution is 5.92. The number of hydrogen-bond donors (Lipinski definition) is 1. The summed E-state index contributed by atoms with van der Waals surface area (Å²) in [6, 6.07) is 0.695. The van der Waals surface area contributed by atoms with Crippen molar-refractivity contribution in [2.45, 2.75) is 89.3 Å². The number of amides is 2. The van der Waals surface area contributed by atoms with Gasteiger partial charge in [0.2, 0.25) is 5.91 Å². The van der Waals surface area contributed by atoms with Gasteiger partial charge in [0.15, 0.2) is 0 Å². The van der Waals surface area contributed by atoms with Gasteiger partial charge >= 0.3 is 0 Å². The van der Waals surface area contributed by atoms with Gasteiger partial charge in [0.25, 0.3) is 5.91 Å². The lowest BCUT2D eigenvalue weighted by atomic mass is 9.86. The maximum absolute atomic E-state index is 12.9. The molecular weight excluding hydrogens is 340 g/mol. The first-order chi connectivity index (χ1) is 13.1. The number of piperidine rings is 1. The molecule has 1 aromatic rings. The average Bonchev–Trinajstić information content (AvgIpc) is 2.94. The van der Waals surface area contributed by atoms with Gasteiger partial charge in [-0.15, -0.1) is 0 Å². The molecule has 6 heteroatoms. The number of fused-ring (bicyclic) bond motifs is 2. The first-order valence-electron chi connectivity index (χ1n) is 10.5.